The molecule has 78 valence electrons. The van der Waals surface area contributed by atoms with Gasteiger partial charge >= 0.3 is 0 Å². The first-order chi connectivity index (χ1) is 7.09. The van der Waals surface area contributed by atoms with E-state index < -0.39 is 0 Å². The Balaban J connectivity index is 2.59. The van der Waals surface area contributed by atoms with E-state index in [1.165, 1.54) is 0 Å². The third-order valence-electron chi connectivity index (χ3n) is 2.44. The molecule has 2 aromatic rings. The molecule has 2 N–H and O–H groups in total. The zero-order valence-electron chi connectivity index (χ0n) is 8.66. The summed E-state index contributed by atoms with van der Waals surface area (Å²) in [6.07, 6.45) is 0. The molecule has 2 rings (SSSR count). The molecular weight excluding hydrogens is 210 g/mol. The van der Waals surface area contributed by atoms with Crippen LogP contribution in [-0.2, 0) is 7.05 Å². The van der Waals surface area contributed by atoms with Gasteiger partial charge in [-0.25, -0.2) is 0 Å². The standard InChI is InChI=1S/C11H12ClN3/c1-7-10(14-15(2)11(7)13)8-4-3-5-9(12)6-8/h3-6H,13H2,1-2H3. The summed E-state index contributed by atoms with van der Waals surface area (Å²) in [6, 6.07) is 7.60. The Morgan fingerprint density at radius 3 is 2.67 bits per heavy atom. The summed E-state index contributed by atoms with van der Waals surface area (Å²) in [7, 11) is 1.83. The minimum absolute atomic E-state index is 0.685. The van der Waals surface area contributed by atoms with Crippen LogP contribution in [0.2, 0.25) is 5.02 Å². The van der Waals surface area contributed by atoms with Gasteiger partial charge < -0.3 is 5.73 Å². The van der Waals surface area contributed by atoms with Gasteiger partial charge in [-0.05, 0) is 19.1 Å². The Morgan fingerprint density at radius 1 is 1.40 bits per heavy atom. The smallest absolute Gasteiger partial charge is 0.124 e. The van der Waals surface area contributed by atoms with Crippen LogP contribution in [0, 0.1) is 6.92 Å². The van der Waals surface area contributed by atoms with Gasteiger partial charge in [-0.1, -0.05) is 23.7 Å². The van der Waals surface area contributed by atoms with Crippen LogP contribution in [0.5, 0.6) is 0 Å². The summed E-state index contributed by atoms with van der Waals surface area (Å²) in [6.45, 7) is 1.96. The number of nitrogens with zero attached hydrogens (tertiary/aromatic N) is 2. The van der Waals surface area contributed by atoms with Crippen LogP contribution in [-0.4, -0.2) is 9.78 Å². The maximum Gasteiger partial charge on any atom is 0.124 e. The molecule has 15 heavy (non-hydrogen) atoms. The number of halogens is 1. The van der Waals surface area contributed by atoms with Crippen molar-refractivity contribution in [3.05, 3.63) is 34.9 Å². The van der Waals surface area contributed by atoms with Crippen molar-refractivity contribution in [1.82, 2.24) is 9.78 Å². The van der Waals surface area contributed by atoms with E-state index in [-0.39, 0.29) is 0 Å². The third-order valence-corrected chi connectivity index (χ3v) is 2.67. The number of nitrogen functional groups attached to an aromatic ring is 1. The Bertz CT molecular complexity index is 503. The molecule has 3 nitrogen and oxygen atoms in total. The van der Waals surface area contributed by atoms with Crippen molar-refractivity contribution in [2.45, 2.75) is 6.92 Å². The van der Waals surface area contributed by atoms with E-state index in [1.54, 1.807) is 4.68 Å². The molecule has 4 heteroatoms. The first kappa shape index (κ1) is 10.1. The van der Waals surface area contributed by atoms with Crippen molar-refractivity contribution in [2.24, 2.45) is 7.05 Å². The number of aryl methyl sites for hydroxylation is 1. The van der Waals surface area contributed by atoms with Crippen LogP contribution in [0.1, 0.15) is 5.56 Å². The van der Waals surface area contributed by atoms with Gasteiger partial charge in [0.15, 0.2) is 0 Å². The highest BCUT2D eigenvalue weighted by atomic mass is 35.5. The normalized spacial score (nSPS) is 10.6. The summed E-state index contributed by atoms with van der Waals surface area (Å²) < 4.78 is 1.67. The van der Waals surface area contributed by atoms with Crippen LogP contribution in [0.15, 0.2) is 24.3 Å². The quantitative estimate of drug-likeness (QED) is 0.805. The maximum atomic E-state index is 5.93. The van der Waals surface area contributed by atoms with Crippen LogP contribution in [0.25, 0.3) is 11.3 Å². The van der Waals surface area contributed by atoms with E-state index in [0.29, 0.717) is 10.8 Å². The predicted octanol–water partition coefficient (Wildman–Crippen LogP) is 2.63. The first-order valence-electron chi connectivity index (χ1n) is 4.64. The fourth-order valence-corrected chi connectivity index (χ4v) is 1.74. The zero-order chi connectivity index (χ0) is 11.0. The number of nitrogens with two attached hydrogens (primary N) is 1. The molecule has 0 bridgehead atoms. The Hall–Kier alpha value is -1.48. The minimum atomic E-state index is 0.685. The molecule has 0 saturated heterocycles. The van der Waals surface area contributed by atoms with Crippen molar-refractivity contribution in [3.63, 3.8) is 0 Å². The van der Waals surface area contributed by atoms with Gasteiger partial charge in [-0.3, -0.25) is 4.68 Å². The van der Waals surface area contributed by atoms with Gasteiger partial charge in [0.25, 0.3) is 0 Å². The van der Waals surface area contributed by atoms with Crippen molar-refractivity contribution in [3.8, 4) is 11.3 Å². The van der Waals surface area contributed by atoms with Crippen LogP contribution in [0.4, 0.5) is 5.82 Å². The maximum absolute atomic E-state index is 5.93. The van der Waals surface area contributed by atoms with Gasteiger partial charge in [-0.15, -0.1) is 0 Å². The van der Waals surface area contributed by atoms with Crippen molar-refractivity contribution >= 4 is 17.4 Å². The van der Waals surface area contributed by atoms with E-state index in [1.807, 2.05) is 38.2 Å². The second-order valence-electron chi connectivity index (χ2n) is 3.49. The number of hydrogen-bond donors (Lipinski definition) is 1. The lowest BCUT2D eigenvalue weighted by Crippen LogP contribution is -1.97. The fraction of sp³-hybridized carbons (Fsp3) is 0.182. The Morgan fingerprint density at radius 2 is 2.13 bits per heavy atom. The number of rotatable bonds is 1. The largest absolute Gasteiger partial charge is 0.384 e. The molecule has 0 amide bonds. The molecule has 0 fully saturated rings. The predicted molar refractivity (Wildman–Crippen MR) is 62.8 cm³/mol. The van der Waals surface area contributed by atoms with Crippen LogP contribution >= 0.6 is 11.6 Å². The summed E-state index contributed by atoms with van der Waals surface area (Å²) in [5.74, 6) is 0.685. The summed E-state index contributed by atoms with van der Waals surface area (Å²) in [5.41, 5.74) is 8.71. The highest BCUT2D eigenvalue weighted by Gasteiger charge is 2.11. The van der Waals surface area contributed by atoms with E-state index in [4.69, 9.17) is 17.3 Å². The third kappa shape index (κ3) is 1.70. The van der Waals surface area contributed by atoms with Crippen molar-refractivity contribution in [1.29, 1.82) is 0 Å². The highest BCUT2D eigenvalue weighted by molar-refractivity contribution is 6.30. The zero-order valence-corrected chi connectivity index (χ0v) is 9.42. The van der Waals surface area contributed by atoms with E-state index in [0.717, 1.165) is 16.8 Å². The molecular formula is C11H12ClN3. The number of anilines is 1. The fourth-order valence-electron chi connectivity index (χ4n) is 1.55. The molecule has 0 aliphatic heterocycles. The first-order valence-corrected chi connectivity index (χ1v) is 5.02. The molecule has 0 unspecified atom stereocenters. The number of hydrogen-bond acceptors (Lipinski definition) is 2. The summed E-state index contributed by atoms with van der Waals surface area (Å²) in [5, 5.41) is 5.06. The second kappa shape index (κ2) is 3.59. The lowest BCUT2D eigenvalue weighted by molar-refractivity contribution is 0.782. The Kier molecular flexibility index (Phi) is 2.40. The van der Waals surface area contributed by atoms with Crippen molar-refractivity contribution < 1.29 is 0 Å². The lowest BCUT2D eigenvalue weighted by Gasteiger charge is -1.98. The Labute approximate surface area is 93.5 Å². The van der Waals surface area contributed by atoms with Gasteiger partial charge in [-0.2, -0.15) is 5.10 Å². The average Bonchev–Trinajstić information content (AvgIpc) is 2.46. The molecule has 0 atom stereocenters. The minimum Gasteiger partial charge on any atom is -0.384 e. The van der Waals surface area contributed by atoms with E-state index >= 15 is 0 Å². The van der Waals surface area contributed by atoms with Gasteiger partial charge in [0, 0.05) is 23.2 Å². The SMILES string of the molecule is Cc1c(-c2cccc(Cl)c2)nn(C)c1N. The second-order valence-corrected chi connectivity index (χ2v) is 3.93. The highest BCUT2D eigenvalue weighted by Crippen LogP contribution is 2.27. The lowest BCUT2D eigenvalue weighted by atomic mass is 10.1. The molecule has 1 heterocycles. The van der Waals surface area contributed by atoms with Crippen LogP contribution < -0.4 is 5.73 Å². The molecule has 1 aromatic carbocycles. The van der Waals surface area contributed by atoms with E-state index in [9.17, 15) is 0 Å². The van der Waals surface area contributed by atoms with Crippen LogP contribution in [0.3, 0.4) is 0 Å². The summed E-state index contributed by atoms with van der Waals surface area (Å²) in [4.78, 5) is 0. The van der Waals surface area contributed by atoms with E-state index in [2.05, 4.69) is 5.10 Å². The molecule has 0 radical (unpaired) electrons. The number of benzene rings is 1. The summed E-state index contributed by atoms with van der Waals surface area (Å²) >= 11 is 5.93. The molecule has 1 aromatic heterocycles. The number of aromatic nitrogens is 2. The van der Waals surface area contributed by atoms with Gasteiger partial charge in [0.05, 0.1) is 5.69 Å². The molecule has 0 spiro atoms. The molecule has 0 aliphatic carbocycles. The monoisotopic (exact) mass is 221 g/mol. The molecule has 0 aliphatic rings. The van der Waals surface area contributed by atoms with Crippen molar-refractivity contribution in [2.75, 3.05) is 5.73 Å². The van der Waals surface area contributed by atoms with Gasteiger partial charge in [0.1, 0.15) is 5.82 Å². The van der Waals surface area contributed by atoms with Gasteiger partial charge in [0.2, 0.25) is 0 Å². The molecule has 0 saturated carbocycles. The topological polar surface area (TPSA) is 43.8 Å². The average molecular weight is 222 g/mol.